The van der Waals surface area contributed by atoms with Crippen molar-refractivity contribution in [3.63, 3.8) is 0 Å². The number of nitrogens with zero attached hydrogens (tertiary/aromatic N) is 1. The molecule has 1 aliphatic carbocycles. The van der Waals surface area contributed by atoms with Crippen molar-refractivity contribution in [2.24, 2.45) is 5.92 Å². The summed E-state index contributed by atoms with van der Waals surface area (Å²) in [4.78, 5) is 0. The van der Waals surface area contributed by atoms with Gasteiger partial charge in [0.15, 0.2) is 0 Å². The Hall–Kier alpha value is -1.66. The third-order valence-corrected chi connectivity index (χ3v) is 4.13. The summed E-state index contributed by atoms with van der Waals surface area (Å²) in [5.74, 6) is 0.559. The molecule has 0 aliphatic heterocycles. The molecule has 0 atom stereocenters. The van der Waals surface area contributed by atoms with Gasteiger partial charge in [0.1, 0.15) is 5.82 Å². The summed E-state index contributed by atoms with van der Waals surface area (Å²) in [6.45, 7) is 0.570. The van der Waals surface area contributed by atoms with Gasteiger partial charge in [0.2, 0.25) is 0 Å². The van der Waals surface area contributed by atoms with Crippen LogP contribution in [-0.4, -0.2) is 6.10 Å². The minimum absolute atomic E-state index is 0.204. The highest BCUT2D eigenvalue weighted by Crippen LogP contribution is 2.30. The molecule has 0 amide bonds. The Balaban J connectivity index is 1.64. The van der Waals surface area contributed by atoms with Crippen LogP contribution in [0.1, 0.15) is 44.1 Å². The molecule has 0 spiro atoms. The molecule has 112 valence electrons. The summed E-state index contributed by atoms with van der Waals surface area (Å²) in [6.07, 6.45) is 10.6. The van der Waals surface area contributed by atoms with E-state index in [4.69, 9.17) is 10.00 Å². The maximum absolute atomic E-state index is 12.8. The standard InChI is InChI=1S/C18H22FNO/c19-17-9-5-16(6-10-17)14-21-18-11-7-15(8-12-18)4-2-1-3-13-20/h1,3,5-6,9-10,15,18H,2,4,7-8,11-12,14H2. The SMILES string of the molecule is N#CC=CCCC1CCC(OCc2ccc(F)cc2)CC1. The van der Waals surface area contributed by atoms with Crippen molar-refractivity contribution in [2.75, 3.05) is 0 Å². The highest BCUT2D eigenvalue weighted by Gasteiger charge is 2.21. The molecule has 0 unspecified atom stereocenters. The zero-order chi connectivity index (χ0) is 14.9. The van der Waals surface area contributed by atoms with Crippen LogP contribution in [0.2, 0.25) is 0 Å². The predicted molar refractivity (Wildman–Crippen MR) is 80.9 cm³/mol. The Bertz CT molecular complexity index is 481. The number of rotatable bonds is 6. The highest BCUT2D eigenvalue weighted by atomic mass is 19.1. The average Bonchev–Trinajstić information content (AvgIpc) is 2.52. The lowest BCUT2D eigenvalue weighted by atomic mass is 9.84. The van der Waals surface area contributed by atoms with Gasteiger partial charge in [-0.25, -0.2) is 4.39 Å². The first-order chi connectivity index (χ1) is 10.3. The monoisotopic (exact) mass is 287 g/mol. The van der Waals surface area contributed by atoms with E-state index in [1.165, 1.54) is 31.4 Å². The Morgan fingerprint density at radius 2 is 1.90 bits per heavy atom. The van der Waals surface area contributed by atoms with E-state index < -0.39 is 0 Å². The quantitative estimate of drug-likeness (QED) is 0.707. The van der Waals surface area contributed by atoms with Gasteiger partial charge >= 0.3 is 0 Å². The lowest BCUT2D eigenvalue weighted by molar-refractivity contribution is 0.00645. The van der Waals surface area contributed by atoms with E-state index in [1.807, 2.05) is 12.1 Å². The molecule has 2 nitrogen and oxygen atoms in total. The molecule has 0 radical (unpaired) electrons. The molecule has 0 saturated heterocycles. The van der Waals surface area contributed by atoms with E-state index in [-0.39, 0.29) is 5.82 Å². The van der Waals surface area contributed by atoms with Crippen molar-refractivity contribution in [3.05, 3.63) is 47.8 Å². The van der Waals surface area contributed by atoms with Crippen LogP contribution in [0.3, 0.4) is 0 Å². The van der Waals surface area contributed by atoms with Gasteiger partial charge in [-0.05, 0) is 62.1 Å². The number of hydrogen-bond acceptors (Lipinski definition) is 2. The summed E-state index contributed by atoms with van der Waals surface area (Å²) >= 11 is 0. The number of hydrogen-bond donors (Lipinski definition) is 0. The fraction of sp³-hybridized carbons (Fsp3) is 0.500. The summed E-state index contributed by atoms with van der Waals surface area (Å²) in [5.41, 5.74) is 1.03. The first kappa shape index (κ1) is 15.7. The van der Waals surface area contributed by atoms with Gasteiger partial charge in [-0.2, -0.15) is 5.26 Å². The Kier molecular flexibility index (Phi) is 6.43. The van der Waals surface area contributed by atoms with Crippen LogP contribution in [0, 0.1) is 23.1 Å². The molecule has 1 saturated carbocycles. The normalized spacial score (nSPS) is 22.3. The number of halogens is 1. The zero-order valence-electron chi connectivity index (χ0n) is 12.3. The van der Waals surface area contributed by atoms with Crippen LogP contribution < -0.4 is 0 Å². The topological polar surface area (TPSA) is 33.0 Å². The fourth-order valence-corrected chi connectivity index (χ4v) is 2.85. The van der Waals surface area contributed by atoms with E-state index >= 15 is 0 Å². The van der Waals surface area contributed by atoms with Gasteiger partial charge in [0.25, 0.3) is 0 Å². The van der Waals surface area contributed by atoms with E-state index in [1.54, 1.807) is 18.2 Å². The fourth-order valence-electron chi connectivity index (χ4n) is 2.85. The van der Waals surface area contributed by atoms with Crippen LogP contribution >= 0.6 is 0 Å². The smallest absolute Gasteiger partial charge is 0.123 e. The molecule has 3 heteroatoms. The van der Waals surface area contributed by atoms with E-state index in [9.17, 15) is 4.39 Å². The molecule has 2 rings (SSSR count). The van der Waals surface area contributed by atoms with Gasteiger partial charge in [-0.1, -0.05) is 18.2 Å². The van der Waals surface area contributed by atoms with Crippen molar-refractivity contribution < 1.29 is 9.13 Å². The molecule has 1 aromatic rings. The molecule has 21 heavy (non-hydrogen) atoms. The first-order valence-corrected chi connectivity index (χ1v) is 7.68. The lowest BCUT2D eigenvalue weighted by Crippen LogP contribution is -2.21. The Labute approximate surface area is 126 Å². The van der Waals surface area contributed by atoms with Crippen LogP contribution in [0.4, 0.5) is 4.39 Å². The summed E-state index contributed by atoms with van der Waals surface area (Å²) in [5, 5.41) is 8.43. The van der Waals surface area contributed by atoms with E-state index in [2.05, 4.69) is 0 Å². The predicted octanol–water partition coefficient (Wildman–Crippen LogP) is 4.76. The number of benzene rings is 1. The number of allylic oxidation sites excluding steroid dienone is 2. The van der Waals surface area contributed by atoms with Gasteiger partial charge in [-0.15, -0.1) is 0 Å². The molecular weight excluding hydrogens is 265 g/mol. The third-order valence-electron chi connectivity index (χ3n) is 4.13. The maximum Gasteiger partial charge on any atom is 0.123 e. The number of ether oxygens (including phenoxy) is 1. The van der Waals surface area contributed by atoms with Gasteiger partial charge in [0, 0.05) is 6.08 Å². The van der Waals surface area contributed by atoms with Gasteiger partial charge in [0.05, 0.1) is 18.8 Å². The lowest BCUT2D eigenvalue weighted by Gasteiger charge is -2.28. The van der Waals surface area contributed by atoms with Crippen molar-refractivity contribution >= 4 is 0 Å². The van der Waals surface area contributed by atoms with Crippen LogP contribution in [0.15, 0.2) is 36.4 Å². The molecular formula is C18H22FNO. The van der Waals surface area contributed by atoms with E-state index in [0.717, 1.165) is 30.7 Å². The minimum atomic E-state index is -0.204. The second-order valence-electron chi connectivity index (χ2n) is 5.69. The van der Waals surface area contributed by atoms with Crippen molar-refractivity contribution in [2.45, 2.75) is 51.2 Å². The summed E-state index contributed by atoms with van der Waals surface area (Å²) in [6, 6.07) is 8.54. The highest BCUT2D eigenvalue weighted by molar-refractivity contribution is 5.15. The molecule has 0 bridgehead atoms. The van der Waals surface area contributed by atoms with Crippen molar-refractivity contribution in [3.8, 4) is 6.07 Å². The first-order valence-electron chi connectivity index (χ1n) is 7.68. The Morgan fingerprint density at radius 3 is 2.57 bits per heavy atom. The maximum atomic E-state index is 12.8. The second-order valence-corrected chi connectivity index (χ2v) is 5.69. The molecule has 0 heterocycles. The average molecular weight is 287 g/mol. The van der Waals surface area contributed by atoms with E-state index in [0.29, 0.717) is 12.7 Å². The van der Waals surface area contributed by atoms with Crippen LogP contribution in [0.5, 0.6) is 0 Å². The Morgan fingerprint density at radius 1 is 1.19 bits per heavy atom. The van der Waals surface area contributed by atoms with Gasteiger partial charge in [-0.3, -0.25) is 0 Å². The minimum Gasteiger partial charge on any atom is -0.374 e. The molecule has 0 aromatic heterocycles. The van der Waals surface area contributed by atoms with Crippen LogP contribution in [0.25, 0.3) is 0 Å². The van der Waals surface area contributed by atoms with Crippen LogP contribution in [-0.2, 0) is 11.3 Å². The number of nitriles is 1. The molecule has 1 aliphatic rings. The molecule has 1 fully saturated rings. The molecule has 0 N–H and O–H groups in total. The third kappa shape index (κ3) is 5.69. The zero-order valence-corrected chi connectivity index (χ0v) is 12.3. The largest absolute Gasteiger partial charge is 0.374 e. The van der Waals surface area contributed by atoms with Crippen molar-refractivity contribution in [1.29, 1.82) is 5.26 Å². The second kappa shape index (κ2) is 8.59. The summed E-state index contributed by atoms with van der Waals surface area (Å²) in [7, 11) is 0. The summed E-state index contributed by atoms with van der Waals surface area (Å²) < 4.78 is 18.7. The molecule has 1 aromatic carbocycles. The van der Waals surface area contributed by atoms with Crippen molar-refractivity contribution in [1.82, 2.24) is 0 Å². The van der Waals surface area contributed by atoms with Gasteiger partial charge < -0.3 is 4.74 Å².